The van der Waals surface area contributed by atoms with Crippen molar-refractivity contribution in [3.8, 4) is 34.0 Å². The molecule has 0 aliphatic heterocycles. The average molecular weight is 400 g/mol. The Balaban J connectivity index is 1.49. The van der Waals surface area contributed by atoms with Crippen LogP contribution in [0.5, 0.6) is 11.5 Å². The number of ether oxygens (including phenoxy) is 2. The van der Waals surface area contributed by atoms with Gasteiger partial charge < -0.3 is 9.47 Å². The van der Waals surface area contributed by atoms with Gasteiger partial charge in [0.25, 0.3) is 5.91 Å². The summed E-state index contributed by atoms with van der Waals surface area (Å²) in [5, 5.41) is 9.62. The second kappa shape index (κ2) is 8.48. The molecule has 1 amide bonds. The number of aromatic nitrogens is 3. The molecule has 0 saturated heterocycles. The van der Waals surface area contributed by atoms with E-state index in [0.29, 0.717) is 28.5 Å². The minimum atomic E-state index is -0.290. The summed E-state index contributed by atoms with van der Waals surface area (Å²) in [6.45, 7) is 0. The molecule has 7 heteroatoms. The van der Waals surface area contributed by atoms with Crippen LogP contribution in [0, 0.1) is 0 Å². The summed E-state index contributed by atoms with van der Waals surface area (Å²) >= 11 is 0. The number of aromatic amines is 1. The Kier molecular flexibility index (Phi) is 5.43. The van der Waals surface area contributed by atoms with Crippen molar-refractivity contribution in [1.82, 2.24) is 15.2 Å². The molecular weight excluding hydrogens is 380 g/mol. The summed E-state index contributed by atoms with van der Waals surface area (Å²) in [7, 11) is 3.15. The van der Waals surface area contributed by atoms with E-state index in [4.69, 9.17) is 9.47 Å². The fourth-order valence-corrected chi connectivity index (χ4v) is 3.05. The minimum absolute atomic E-state index is 0.181. The molecule has 4 rings (SSSR count). The van der Waals surface area contributed by atoms with Gasteiger partial charge in [0.2, 0.25) is 5.95 Å². The number of rotatable bonds is 6. The molecule has 0 atom stereocenters. The summed E-state index contributed by atoms with van der Waals surface area (Å²) < 4.78 is 10.6. The molecule has 0 unspecified atom stereocenters. The Morgan fingerprint density at radius 1 is 0.900 bits per heavy atom. The van der Waals surface area contributed by atoms with Crippen LogP contribution in [0.1, 0.15) is 10.4 Å². The number of carbonyl (C=O) groups is 1. The Hall–Kier alpha value is -4.13. The molecule has 1 aromatic heterocycles. The third-order valence-corrected chi connectivity index (χ3v) is 4.63. The van der Waals surface area contributed by atoms with Crippen molar-refractivity contribution in [3.63, 3.8) is 0 Å². The number of nitrogens with one attached hydrogen (secondary N) is 2. The molecule has 1 heterocycles. The van der Waals surface area contributed by atoms with Crippen LogP contribution in [-0.4, -0.2) is 35.3 Å². The van der Waals surface area contributed by atoms with Crippen LogP contribution in [0.25, 0.3) is 22.5 Å². The second-order valence-corrected chi connectivity index (χ2v) is 6.47. The van der Waals surface area contributed by atoms with Gasteiger partial charge in [0.05, 0.1) is 19.8 Å². The molecule has 2 N–H and O–H groups in total. The van der Waals surface area contributed by atoms with Crippen LogP contribution in [0.2, 0.25) is 0 Å². The van der Waals surface area contributed by atoms with Crippen molar-refractivity contribution in [1.29, 1.82) is 0 Å². The lowest BCUT2D eigenvalue weighted by atomic mass is 10.0. The number of hydrogen-bond acceptors (Lipinski definition) is 5. The number of H-pyrrole nitrogens is 1. The largest absolute Gasteiger partial charge is 0.497 e. The van der Waals surface area contributed by atoms with Crippen molar-refractivity contribution in [2.45, 2.75) is 0 Å². The minimum Gasteiger partial charge on any atom is -0.497 e. The van der Waals surface area contributed by atoms with Crippen LogP contribution >= 0.6 is 0 Å². The van der Waals surface area contributed by atoms with Gasteiger partial charge in [-0.05, 0) is 35.4 Å². The molecule has 0 saturated carbocycles. The first-order valence-electron chi connectivity index (χ1n) is 9.29. The summed E-state index contributed by atoms with van der Waals surface area (Å²) in [5.74, 6) is 1.62. The number of methoxy groups -OCH3 is 2. The molecule has 3 aromatic carbocycles. The lowest BCUT2D eigenvalue weighted by Gasteiger charge is -2.07. The Labute approximate surface area is 173 Å². The molecule has 7 nitrogen and oxygen atoms in total. The van der Waals surface area contributed by atoms with E-state index in [9.17, 15) is 4.79 Å². The maximum atomic E-state index is 12.6. The normalized spacial score (nSPS) is 10.5. The van der Waals surface area contributed by atoms with Gasteiger partial charge in [0.15, 0.2) is 5.82 Å². The average Bonchev–Trinajstić information content (AvgIpc) is 3.27. The first-order chi connectivity index (χ1) is 14.7. The van der Waals surface area contributed by atoms with E-state index in [2.05, 4.69) is 20.5 Å². The lowest BCUT2D eigenvalue weighted by molar-refractivity contribution is 0.102. The van der Waals surface area contributed by atoms with Crippen molar-refractivity contribution in [2.75, 3.05) is 19.5 Å². The zero-order valence-corrected chi connectivity index (χ0v) is 16.5. The summed E-state index contributed by atoms with van der Waals surface area (Å²) in [6, 6.07) is 22.7. The van der Waals surface area contributed by atoms with Crippen LogP contribution in [-0.2, 0) is 0 Å². The molecule has 150 valence electrons. The zero-order chi connectivity index (χ0) is 20.9. The number of anilines is 1. The Bertz CT molecular complexity index is 1150. The van der Waals surface area contributed by atoms with Gasteiger partial charge >= 0.3 is 0 Å². The lowest BCUT2D eigenvalue weighted by Crippen LogP contribution is -2.12. The van der Waals surface area contributed by atoms with Crippen LogP contribution in [0.4, 0.5) is 5.95 Å². The van der Waals surface area contributed by atoms with Crippen molar-refractivity contribution < 1.29 is 14.3 Å². The van der Waals surface area contributed by atoms with Gasteiger partial charge in [-0.2, -0.15) is 4.98 Å². The van der Waals surface area contributed by atoms with E-state index in [1.165, 1.54) is 0 Å². The number of amides is 1. The molecule has 30 heavy (non-hydrogen) atoms. The molecule has 0 aliphatic rings. The van der Waals surface area contributed by atoms with Gasteiger partial charge in [-0.15, -0.1) is 5.10 Å². The summed E-state index contributed by atoms with van der Waals surface area (Å²) in [5.41, 5.74) is 3.36. The highest BCUT2D eigenvalue weighted by atomic mass is 16.5. The zero-order valence-electron chi connectivity index (χ0n) is 16.5. The highest BCUT2D eigenvalue weighted by molar-refractivity contribution is 6.03. The first-order valence-corrected chi connectivity index (χ1v) is 9.29. The molecule has 4 aromatic rings. The second-order valence-electron chi connectivity index (χ2n) is 6.47. The molecule has 0 bridgehead atoms. The number of hydrogen-bond donors (Lipinski definition) is 2. The van der Waals surface area contributed by atoms with Crippen molar-refractivity contribution in [3.05, 3.63) is 78.4 Å². The predicted molar refractivity (Wildman–Crippen MR) is 115 cm³/mol. The third-order valence-electron chi connectivity index (χ3n) is 4.63. The quantitative estimate of drug-likeness (QED) is 0.500. The van der Waals surface area contributed by atoms with Gasteiger partial charge in [0.1, 0.15) is 11.5 Å². The number of nitrogens with zero attached hydrogens (tertiary/aromatic N) is 2. The monoisotopic (exact) mass is 400 g/mol. The molecule has 0 fully saturated rings. The Morgan fingerprint density at radius 3 is 2.33 bits per heavy atom. The van der Waals surface area contributed by atoms with Gasteiger partial charge in [0, 0.05) is 11.6 Å². The van der Waals surface area contributed by atoms with Gasteiger partial charge in [-0.25, -0.2) is 0 Å². The van der Waals surface area contributed by atoms with Crippen LogP contribution < -0.4 is 14.8 Å². The highest BCUT2D eigenvalue weighted by Crippen LogP contribution is 2.31. The van der Waals surface area contributed by atoms with E-state index in [1.807, 2.05) is 48.5 Å². The fourth-order valence-electron chi connectivity index (χ4n) is 3.05. The Morgan fingerprint density at radius 2 is 1.63 bits per heavy atom. The van der Waals surface area contributed by atoms with Gasteiger partial charge in [-0.3, -0.25) is 15.2 Å². The van der Waals surface area contributed by atoms with E-state index in [1.54, 1.807) is 38.5 Å². The van der Waals surface area contributed by atoms with Crippen LogP contribution in [0.15, 0.2) is 72.8 Å². The first kappa shape index (κ1) is 19.2. The van der Waals surface area contributed by atoms with E-state index in [0.717, 1.165) is 11.1 Å². The molecule has 0 aliphatic carbocycles. The maximum absolute atomic E-state index is 12.6. The topological polar surface area (TPSA) is 89.1 Å². The van der Waals surface area contributed by atoms with Gasteiger partial charge in [-0.1, -0.05) is 42.5 Å². The number of benzene rings is 3. The van der Waals surface area contributed by atoms with E-state index >= 15 is 0 Å². The summed E-state index contributed by atoms with van der Waals surface area (Å²) in [6.07, 6.45) is 0. The standard InChI is InChI=1S/C23H20N4O3/c1-29-18-12-13-19(20(14-18)30-2)21-24-23(27-26-21)25-22(28)17-10-8-16(9-11-17)15-6-4-3-5-7-15/h3-14H,1-2H3,(H2,24,25,26,27,28). The summed E-state index contributed by atoms with van der Waals surface area (Å²) in [4.78, 5) is 16.9. The van der Waals surface area contributed by atoms with E-state index in [-0.39, 0.29) is 11.9 Å². The third kappa shape index (κ3) is 4.00. The van der Waals surface area contributed by atoms with E-state index < -0.39 is 0 Å². The number of carbonyl (C=O) groups excluding carboxylic acids is 1. The fraction of sp³-hybridized carbons (Fsp3) is 0.0870. The smallest absolute Gasteiger partial charge is 0.258 e. The van der Waals surface area contributed by atoms with Crippen molar-refractivity contribution >= 4 is 11.9 Å². The molecule has 0 radical (unpaired) electrons. The SMILES string of the molecule is COc1ccc(-c2nc(NC(=O)c3ccc(-c4ccccc4)cc3)n[nH]2)c(OC)c1. The maximum Gasteiger partial charge on any atom is 0.258 e. The molecule has 0 spiro atoms. The predicted octanol–water partition coefficient (Wildman–Crippen LogP) is 4.41. The van der Waals surface area contributed by atoms with Crippen molar-refractivity contribution in [2.24, 2.45) is 0 Å². The van der Waals surface area contributed by atoms with Crippen LogP contribution in [0.3, 0.4) is 0 Å². The molecular formula is C23H20N4O3. The highest BCUT2D eigenvalue weighted by Gasteiger charge is 2.14.